The van der Waals surface area contributed by atoms with Crippen LogP contribution in [-0.4, -0.2) is 42.4 Å². The molecule has 1 fully saturated rings. The number of piperidine rings is 1. The Labute approximate surface area is 155 Å². The van der Waals surface area contributed by atoms with Crippen LogP contribution < -0.4 is 11.1 Å². The first-order valence-electron chi connectivity index (χ1n) is 9.33. The van der Waals surface area contributed by atoms with Crippen molar-refractivity contribution >= 4 is 23.2 Å². The lowest BCUT2D eigenvalue weighted by Crippen LogP contribution is -2.49. The van der Waals surface area contributed by atoms with E-state index in [1.165, 1.54) is 15.3 Å². The summed E-state index contributed by atoms with van der Waals surface area (Å²) in [6.45, 7) is 6.00. The molecule has 140 valence electrons. The number of carbonyl (C=O) groups is 2. The molecule has 1 aliphatic heterocycles. The van der Waals surface area contributed by atoms with Crippen molar-refractivity contribution in [1.82, 2.24) is 10.2 Å². The first-order chi connectivity index (χ1) is 12.0. The Kier molecular flexibility index (Phi) is 7.90. The van der Waals surface area contributed by atoms with Gasteiger partial charge in [0.05, 0.1) is 0 Å². The third-order valence-corrected chi connectivity index (χ3v) is 5.84. The summed E-state index contributed by atoms with van der Waals surface area (Å²) >= 11 is 1.83. The summed E-state index contributed by atoms with van der Waals surface area (Å²) in [5.74, 6) is 0.200. The fraction of sp³-hybridized carbons (Fsp3) is 0.684. The molecule has 1 aromatic rings. The highest BCUT2D eigenvalue weighted by Gasteiger charge is 2.26. The van der Waals surface area contributed by atoms with E-state index in [1.807, 2.05) is 16.2 Å². The molecule has 2 amide bonds. The molecule has 0 radical (unpaired) electrons. The molecule has 3 N–H and O–H groups in total. The maximum absolute atomic E-state index is 12.7. The molecule has 6 heteroatoms. The van der Waals surface area contributed by atoms with Gasteiger partial charge in [0.2, 0.25) is 11.8 Å². The van der Waals surface area contributed by atoms with Crippen LogP contribution in [0.3, 0.4) is 0 Å². The quantitative estimate of drug-likeness (QED) is 0.743. The van der Waals surface area contributed by atoms with Gasteiger partial charge in [-0.2, -0.15) is 0 Å². The fourth-order valence-electron chi connectivity index (χ4n) is 3.50. The summed E-state index contributed by atoms with van der Waals surface area (Å²) in [6.07, 6.45) is 5.93. The second-order valence-corrected chi connectivity index (χ2v) is 8.33. The Morgan fingerprint density at radius 3 is 2.80 bits per heavy atom. The van der Waals surface area contributed by atoms with E-state index in [0.717, 1.165) is 38.6 Å². The third kappa shape index (κ3) is 6.12. The van der Waals surface area contributed by atoms with Crippen molar-refractivity contribution in [2.24, 2.45) is 5.73 Å². The van der Waals surface area contributed by atoms with Crippen molar-refractivity contribution in [1.29, 1.82) is 0 Å². The van der Waals surface area contributed by atoms with E-state index in [-0.39, 0.29) is 17.9 Å². The molecule has 0 saturated carbocycles. The molecule has 0 aliphatic carbocycles. The Morgan fingerprint density at radius 2 is 2.12 bits per heavy atom. The Morgan fingerprint density at radius 1 is 1.32 bits per heavy atom. The first kappa shape index (κ1) is 19.9. The smallest absolute Gasteiger partial charge is 0.222 e. The number of nitrogens with two attached hydrogens (primary N) is 1. The predicted molar refractivity (Wildman–Crippen MR) is 103 cm³/mol. The first-order valence-corrected chi connectivity index (χ1v) is 10.1. The number of likely N-dealkylation sites (tertiary alicyclic amines) is 1. The van der Waals surface area contributed by atoms with Crippen molar-refractivity contribution in [2.45, 2.75) is 64.8 Å². The van der Waals surface area contributed by atoms with E-state index in [9.17, 15) is 9.59 Å². The van der Waals surface area contributed by atoms with Crippen LogP contribution in [0.25, 0.3) is 0 Å². The van der Waals surface area contributed by atoms with Gasteiger partial charge < -0.3 is 16.0 Å². The van der Waals surface area contributed by atoms with Gasteiger partial charge in [-0.15, -0.1) is 11.3 Å². The van der Waals surface area contributed by atoms with Gasteiger partial charge in [0.25, 0.3) is 0 Å². The lowest BCUT2D eigenvalue weighted by Gasteiger charge is -2.36. The fourth-order valence-corrected chi connectivity index (χ4v) is 4.47. The number of nitrogens with one attached hydrogen (secondary N) is 1. The van der Waals surface area contributed by atoms with Gasteiger partial charge in [0.15, 0.2) is 0 Å². The molecular formula is C19H31N3O2S. The van der Waals surface area contributed by atoms with Gasteiger partial charge in [-0.3, -0.25) is 9.59 Å². The van der Waals surface area contributed by atoms with Crippen LogP contribution in [0.15, 0.2) is 6.07 Å². The number of rotatable bonds is 8. The van der Waals surface area contributed by atoms with Gasteiger partial charge in [-0.25, -0.2) is 0 Å². The molecule has 0 spiro atoms. The van der Waals surface area contributed by atoms with E-state index in [0.29, 0.717) is 25.9 Å². The zero-order valence-corrected chi connectivity index (χ0v) is 16.3. The summed E-state index contributed by atoms with van der Waals surface area (Å²) in [5.41, 5.74) is 6.78. The zero-order chi connectivity index (χ0) is 18.2. The van der Waals surface area contributed by atoms with Crippen molar-refractivity contribution < 1.29 is 9.59 Å². The third-order valence-electron chi connectivity index (χ3n) is 4.83. The van der Waals surface area contributed by atoms with Crippen LogP contribution in [0.5, 0.6) is 0 Å². The van der Waals surface area contributed by atoms with E-state index in [2.05, 4.69) is 25.2 Å². The van der Waals surface area contributed by atoms with E-state index in [4.69, 9.17) is 5.73 Å². The summed E-state index contributed by atoms with van der Waals surface area (Å²) < 4.78 is 0. The second kappa shape index (κ2) is 9.92. The summed E-state index contributed by atoms with van der Waals surface area (Å²) in [7, 11) is 0. The highest BCUT2D eigenvalue weighted by Crippen LogP contribution is 2.23. The van der Waals surface area contributed by atoms with Crippen molar-refractivity contribution in [3.63, 3.8) is 0 Å². The van der Waals surface area contributed by atoms with Crippen molar-refractivity contribution in [3.8, 4) is 0 Å². The highest BCUT2D eigenvalue weighted by atomic mass is 32.1. The maximum Gasteiger partial charge on any atom is 0.222 e. The van der Waals surface area contributed by atoms with E-state index in [1.54, 1.807) is 0 Å². The van der Waals surface area contributed by atoms with E-state index >= 15 is 0 Å². The number of amides is 2. The molecule has 2 heterocycles. The minimum atomic E-state index is -0.0243. The highest BCUT2D eigenvalue weighted by molar-refractivity contribution is 7.12. The number of hydrogen-bond acceptors (Lipinski definition) is 4. The lowest BCUT2D eigenvalue weighted by atomic mass is 10.0. The number of carbonyl (C=O) groups excluding carboxylic acids is 2. The van der Waals surface area contributed by atoms with E-state index < -0.39 is 0 Å². The minimum Gasteiger partial charge on any atom is -0.354 e. The number of thiophene rings is 1. The van der Waals surface area contributed by atoms with Crippen LogP contribution in [0, 0.1) is 13.8 Å². The lowest BCUT2D eigenvalue weighted by molar-refractivity contribution is -0.135. The summed E-state index contributed by atoms with van der Waals surface area (Å²) in [5, 5.41) is 2.92. The summed E-state index contributed by atoms with van der Waals surface area (Å²) in [4.78, 5) is 29.0. The number of nitrogens with zero attached hydrogens (tertiary/aromatic N) is 1. The molecule has 1 atom stereocenters. The van der Waals surface area contributed by atoms with Gasteiger partial charge >= 0.3 is 0 Å². The average molecular weight is 366 g/mol. The largest absolute Gasteiger partial charge is 0.354 e. The van der Waals surface area contributed by atoms with Crippen LogP contribution in [0.2, 0.25) is 0 Å². The normalized spacial score (nSPS) is 17.6. The van der Waals surface area contributed by atoms with Crippen LogP contribution >= 0.6 is 11.3 Å². The molecule has 0 aromatic carbocycles. The number of hydrogen-bond donors (Lipinski definition) is 2. The minimum absolute atomic E-state index is 0.0243. The van der Waals surface area contributed by atoms with Crippen molar-refractivity contribution in [3.05, 3.63) is 21.4 Å². The van der Waals surface area contributed by atoms with Gasteiger partial charge in [-0.1, -0.05) is 0 Å². The van der Waals surface area contributed by atoms with Gasteiger partial charge in [0, 0.05) is 48.3 Å². The van der Waals surface area contributed by atoms with Crippen LogP contribution in [0.1, 0.15) is 53.8 Å². The van der Waals surface area contributed by atoms with Crippen molar-refractivity contribution in [2.75, 3.05) is 19.6 Å². The second-order valence-electron chi connectivity index (χ2n) is 6.87. The molecule has 1 aromatic heterocycles. The Bertz CT molecular complexity index is 585. The predicted octanol–water partition coefficient (Wildman–Crippen LogP) is 2.53. The SMILES string of the molecule is Cc1cc(CCCC(=O)N2CCCCC2CNC(=O)CCN)c(C)s1. The maximum atomic E-state index is 12.7. The summed E-state index contributed by atoms with van der Waals surface area (Å²) in [6, 6.07) is 2.37. The molecular weight excluding hydrogens is 334 g/mol. The Hall–Kier alpha value is -1.40. The standard InChI is InChI=1S/C19H31N3O2S/c1-14-12-16(15(2)25-14)6-5-8-19(24)22-11-4-3-7-17(22)13-21-18(23)9-10-20/h12,17H,3-11,13,20H2,1-2H3,(H,21,23). The molecule has 5 nitrogen and oxygen atoms in total. The number of aryl methyl sites for hydroxylation is 3. The van der Waals surface area contributed by atoms with Gasteiger partial charge in [0.1, 0.15) is 0 Å². The van der Waals surface area contributed by atoms with Crippen LogP contribution in [0.4, 0.5) is 0 Å². The molecule has 2 rings (SSSR count). The average Bonchev–Trinajstić information content (AvgIpc) is 2.91. The monoisotopic (exact) mass is 365 g/mol. The zero-order valence-electron chi connectivity index (χ0n) is 15.5. The molecule has 1 unspecified atom stereocenters. The van der Waals surface area contributed by atoms with Crippen LogP contribution in [-0.2, 0) is 16.0 Å². The molecule has 1 aliphatic rings. The topological polar surface area (TPSA) is 75.4 Å². The Balaban J connectivity index is 1.80. The molecule has 25 heavy (non-hydrogen) atoms. The molecule has 1 saturated heterocycles. The van der Waals surface area contributed by atoms with Gasteiger partial charge in [-0.05, 0) is 57.6 Å². The molecule has 0 bridgehead atoms.